The van der Waals surface area contributed by atoms with Gasteiger partial charge >= 0.3 is 0 Å². The lowest BCUT2D eigenvalue weighted by atomic mass is 10.1. The maximum Gasteiger partial charge on any atom is 0.176 e. The number of hydrogen-bond donors (Lipinski definition) is 0. The van der Waals surface area contributed by atoms with Crippen LogP contribution in [0, 0.1) is 13.8 Å². The van der Waals surface area contributed by atoms with Gasteiger partial charge in [0.15, 0.2) is 16.3 Å². The highest BCUT2D eigenvalue weighted by Gasteiger charge is 1.90. The predicted octanol–water partition coefficient (Wildman–Crippen LogP) is 1.68. The van der Waals surface area contributed by atoms with Crippen molar-refractivity contribution in [2.45, 2.75) is 13.8 Å². The third kappa shape index (κ3) is 2.13. The van der Waals surface area contributed by atoms with Crippen LogP contribution in [0.2, 0.25) is 0 Å². The van der Waals surface area contributed by atoms with E-state index in [2.05, 4.69) is 48.3 Å². The molecule has 10 heavy (non-hydrogen) atoms. The molecule has 0 saturated heterocycles. The highest BCUT2D eigenvalue weighted by atomic mass is 79.9. The van der Waals surface area contributed by atoms with Crippen LogP contribution in [0.5, 0.6) is 0 Å². The van der Waals surface area contributed by atoms with E-state index in [0.29, 0.717) is 0 Å². The quantitative estimate of drug-likeness (QED) is 0.575. The Morgan fingerprint density at radius 1 is 1.20 bits per heavy atom. The predicted molar refractivity (Wildman–Crippen MR) is 51.6 cm³/mol. The normalized spacial score (nSPS) is 8.60. The van der Waals surface area contributed by atoms with E-state index in [-0.39, 0.29) is 17.0 Å². The average Bonchev–Trinajstić information content (AvgIpc) is 1.83. The van der Waals surface area contributed by atoms with E-state index in [9.17, 15) is 0 Å². The highest BCUT2D eigenvalue weighted by molar-refractivity contribution is 8.93. The van der Waals surface area contributed by atoms with E-state index in [4.69, 9.17) is 0 Å². The third-order valence-electron chi connectivity index (χ3n) is 1.65. The van der Waals surface area contributed by atoms with Gasteiger partial charge < -0.3 is 0 Å². The molecule has 0 fully saturated rings. The molecule has 0 spiro atoms. The zero-order valence-electron chi connectivity index (χ0n) is 6.22. The molecule has 1 rings (SSSR count). The van der Waals surface area contributed by atoms with Crippen LogP contribution in [-0.4, -0.2) is 16.3 Å². The Kier molecular flexibility index (Phi) is 4.28. The molecule has 0 aliphatic rings. The van der Waals surface area contributed by atoms with Gasteiger partial charge in [0, 0.05) is 0 Å². The Hall–Kier alpha value is 0.232. The molecule has 0 unspecified atom stereocenters. The van der Waals surface area contributed by atoms with E-state index >= 15 is 0 Å². The maximum absolute atomic E-state index is 2.72. The van der Waals surface area contributed by atoms with E-state index in [1.54, 1.807) is 0 Å². The van der Waals surface area contributed by atoms with Crippen molar-refractivity contribution in [2.24, 2.45) is 0 Å². The molecule has 1 aromatic rings. The number of aryl methyl sites for hydroxylation is 1. The van der Waals surface area contributed by atoms with Crippen LogP contribution in [0.25, 0.3) is 0 Å². The molecular weight excluding hydrogens is 203 g/mol. The van der Waals surface area contributed by atoms with Gasteiger partial charge in [-0.25, -0.2) is 0 Å². The van der Waals surface area contributed by atoms with E-state index in [0.717, 1.165) is 0 Å². The number of halogens is 1. The van der Waals surface area contributed by atoms with Crippen LogP contribution < -0.4 is 4.43 Å². The zero-order chi connectivity index (χ0) is 6.85. The highest BCUT2D eigenvalue weighted by Crippen LogP contribution is 1.99. The van der Waals surface area contributed by atoms with Crippen molar-refractivity contribution in [3.63, 3.8) is 0 Å². The largest absolute Gasteiger partial charge is 0.176 e. The van der Waals surface area contributed by atoms with Crippen molar-refractivity contribution in [3.05, 3.63) is 29.3 Å². The van der Waals surface area contributed by atoms with Gasteiger partial charge in [-0.2, -0.15) is 0 Å². The van der Waals surface area contributed by atoms with Gasteiger partial charge in [0.2, 0.25) is 0 Å². The first-order valence-corrected chi connectivity index (χ1v) is 3.61. The van der Waals surface area contributed by atoms with E-state index in [1.165, 1.54) is 15.6 Å². The van der Waals surface area contributed by atoms with Gasteiger partial charge in [-0.05, 0) is 19.4 Å². The Morgan fingerprint density at radius 2 is 1.80 bits per heavy atom. The maximum atomic E-state index is 2.72. The van der Waals surface area contributed by atoms with Gasteiger partial charge in [-0.1, -0.05) is 23.8 Å². The van der Waals surface area contributed by atoms with Gasteiger partial charge in [-0.15, -0.1) is 21.4 Å². The van der Waals surface area contributed by atoms with Crippen LogP contribution in [0.3, 0.4) is 0 Å². The van der Waals surface area contributed by atoms with Crippen molar-refractivity contribution in [3.8, 4) is 0 Å². The fourth-order valence-corrected chi connectivity index (χ4v) is 1.11. The molecular formula is C8H10AlBr. The van der Waals surface area contributed by atoms with Crippen molar-refractivity contribution < 1.29 is 0 Å². The van der Waals surface area contributed by atoms with Gasteiger partial charge in [0.25, 0.3) is 0 Å². The SMILES string of the molecule is Br.Cc1ccc[c]([Al])c1C. The molecule has 0 amide bonds. The van der Waals surface area contributed by atoms with Crippen LogP contribution in [-0.2, 0) is 0 Å². The summed E-state index contributed by atoms with van der Waals surface area (Å²) in [5, 5.41) is 0. The molecule has 0 nitrogen and oxygen atoms in total. The first-order chi connectivity index (χ1) is 4.22. The summed E-state index contributed by atoms with van der Waals surface area (Å²) in [4.78, 5) is 0. The molecule has 0 aliphatic carbocycles. The van der Waals surface area contributed by atoms with E-state index in [1.807, 2.05) is 0 Å². The monoisotopic (exact) mass is 212 g/mol. The minimum atomic E-state index is 0. The number of benzene rings is 1. The molecule has 0 aliphatic heterocycles. The third-order valence-corrected chi connectivity index (χ3v) is 2.27. The summed E-state index contributed by atoms with van der Waals surface area (Å²) in [6.45, 7) is 4.26. The minimum absolute atomic E-state index is 0. The summed E-state index contributed by atoms with van der Waals surface area (Å²) in [6.07, 6.45) is 0. The fourth-order valence-electron chi connectivity index (χ4n) is 0.774. The molecule has 52 valence electrons. The first kappa shape index (κ1) is 10.2. The Morgan fingerprint density at radius 3 is 2.20 bits per heavy atom. The number of hydrogen-bond acceptors (Lipinski definition) is 0. The van der Waals surface area contributed by atoms with E-state index < -0.39 is 0 Å². The Labute approximate surface area is 80.8 Å². The molecule has 0 atom stereocenters. The summed E-state index contributed by atoms with van der Waals surface area (Å²) in [7, 11) is 0. The van der Waals surface area contributed by atoms with Crippen molar-refractivity contribution in [2.75, 3.05) is 0 Å². The molecule has 1 aromatic carbocycles. The molecule has 0 heterocycles. The first-order valence-electron chi connectivity index (χ1n) is 3.03. The molecule has 0 aromatic heterocycles. The zero-order valence-corrected chi connectivity index (χ0v) is 9.09. The lowest BCUT2D eigenvalue weighted by Gasteiger charge is -2.02. The molecule has 2 radical (unpaired) electrons. The Balaban J connectivity index is 0.000000810. The fraction of sp³-hybridized carbons (Fsp3) is 0.250. The molecule has 2 heteroatoms. The Bertz CT molecular complexity index is 200. The van der Waals surface area contributed by atoms with Gasteiger partial charge in [-0.3, -0.25) is 0 Å². The minimum Gasteiger partial charge on any atom is -0.136 e. The second-order valence-electron chi connectivity index (χ2n) is 2.29. The molecule has 0 bridgehead atoms. The van der Waals surface area contributed by atoms with Crippen molar-refractivity contribution in [1.29, 1.82) is 0 Å². The summed E-state index contributed by atoms with van der Waals surface area (Å²) < 4.78 is 1.30. The van der Waals surface area contributed by atoms with Crippen molar-refractivity contribution in [1.82, 2.24) is 0 Å². The van der Waals surface area contributed by atoms with Crippen molar-refractivity contribution >= 4 is 37.7 Å². The molecule has 0 N–H and O–H groups in total. The summed E-state index contributed by atoms with van der Waals surface area (Å²) >= 11 is 2.72. The lowest BCUT2D eigenvalue weighted by Crippen LogP contribution is -2.07. The smallest absolute Gasteiger partial charge is 0.136 e. The van der Waals surface area contributed by atoms with Crippen LogP contribution in [0.15, 0.2) is 18.2 Å². The summed E-state index contributed by atoms with van der Waals surface area (Å²) in [5.74, 6) is 0. The molecule has 0 saturated carbocycles. The topological polar surface area (TPSA) is 0 Å². The van der Waals surface area contributed by atoms with Crippen LogP contribution >= 0.6 is 17.0 Å². The second-order valence-corrected chi connectivity index (χ2v) is 2.91. The summed E-state index contributed by atoms with van der Waals surface area (Å²) in [5.41, 5.74) is 2.74. The average molecular weight is 213 g/mol. The van der Waals surface area contributed by atoms with Gasteiger partial charge in [0.1, 0.15) is 0 Å². The lowest BCUT2D eigenvalue weighted by molar-refractivity contribution is 1.37. The standard InChI is InChI=1S/C8H9.Al.BrH/c1-7-5-3-4-6-8(7)2;;/h3-5H,1-2H3;;1H. The summed E-state index contributed by atoms with van der Waals surface area (Å²) in [6, 6.07) is 6.31. The van der Waals surface area contributed by atoms with Gasteiger partial charge in [0.05, 0.1) is 0 Å². The van der Waals surface area contributed by atoms with Crippen LogP contribution in [0.4, 0.5) is 0 Å². The van der Waals surface area contributed by atoms with Crippen LogP contribution in [0.1, 0.15) is 11.1 Å². The number of rotatable bonds is 0. The second kappa shape index (κ2) is 4.18.